The first-order valence-electron chi connectivity index (χ1n) is 9.45. The molecule has 0 unspecified atom stereocenters. The van der Waals surface area contributed by atoms with Crippen LogP contribution in [0.4, 0.5) is 0 Å². The first-order chi connectivity index (χ1) is 14.5. The van der Waals surface area contributed by atoms with Gasteiger partial charge in [0.15, 0.2) is 0 Å². The maximum Gasteiger partial charge on any atom is 0.217 e. The molecule has 0 aromatic heterocycles. The highest BCUT2D eigenvalue weighted by Crippen LogP contribution is 2.50. The van der Waals surface area contributed by atoms with Gasteiger partial charge in [-0.25, -0.2) is 5.01 Å². The second-order valence-electron chi connectivity index (χ2n) is 7.18. The van der Waals surface area contributed by atoms with Crippen molar-refractivity contribution in [3.63, 3.8) is 0 Å². The zero-order chi connectivity index (χ0) is 20.8. The van der Waals surface area contributed by atoms with E-state index in [-0.39, 0.29) is 6.04 Å². The molecule has 2 atom stereocenters. The number of hydrogen-bond acceptors (Lipinski definition) is 4. The van der Waals surface area contributed by atoms with Crippen molar-refractivity contribution in [1.82, 2.24) is 5.01 Å². The van der Waals surface area contributed by atoms with Crippen LogP contribution in [0.2, 0.25) is 10.0 Å². The van der Waals surface area contributed by atoms with Crippen LogP contribution in [-0.2, 0) is 0 Å². The predicted molar refractivity (Wildman–Crippen MR) is 123 cm³/mol. The molecule has 0 saturated heterocycles. The van der Waals surface area contributed by atoms with Crippen molar-refractivity contribution in [3.8, 4) is 11.5 Å². The van der Waals surface area contributed by atoms with Crippen molar-refractivity contribution in [3.05, 3.63) is 91.9 Å². The number of hydrazone groups is 1. The van der Waals surface area contributed by atoms with Crippen molar-refractivity contribution in [2.75, 3.05) is 7.11 Å². The van der Waals surface area contributed by atoms with Gasteiger partial charge in [-0.2, -0.15) is 5.10 Å². The fourth-order valence-corrected chi connectivity index (χ4v) is 5.01. The van der Waals surface area contributed by atoms with Gasteiger partial charge >= 0.3 is 0 Å². The van der Waals surface area contributed by atoms with Gasteiger partial charge in [0.05, 0.1) is 29.4 Å². The summed E-state index contributed by atoms with van der Waals surface area (Å²) in [6.45, 7) is 0. The van der Waals surface area contributed by atoms with Gasteiger partial charge in [-0.05, 0) is 35.9 Å². The third kappa shape index (κ3) is 3.35. The number of hydrogen-bond donors (Lipinski definition) is 0. The third-order valence-corrected chi connectivity index (χ3v) is 6.36. The van der Waals surface area contributed by atoms with Gasteiger partial charge in [0, 0.05) is 21.5 Å². The van der Waals surface area contributed by atoms with Gasteiger partial charge in [-0.1, -0.05) is 69.5 Å². The monoisotopic (exact) mass is 502 g/mol. The van der Waals surface area contributed by atoms with Crippen molar-refractivity contribution in [2.45, 2.75) is 18.7 Å². The summed E-state index contributed by atoms with van der Waals surface area (Å²) in [4.78, 5) is 0. The third-order valence-electron chi connectivity index (χ3n) is 5.37. The molecule has 0 amide bonds. The lowest BCUT2D eigenvalue weighted by Crippen LogP contribution is -2.34. The van der Waals surface area contributed by atoms with Crippen LogP contribution in [-0.4, -0.2) is 17.8 Å². The maximum atomic E-state index is 6.42. The van der Waals surface area contributed by atoms with E-state index in [1.807, 2.05) is 41.4 Å². The van der Waals surface area contributed by atoms with Gasteiger partial charge in [0.1, 0.15) is 11.5 Å². The Bertz CT molecular complexity index is 1150. The number of halogens is 3. The fraction of sp³-hybridized carbons (Fsp3) is 0.174. The Morgan fingerprint density at radius 1 is 1.07 bits per heavy atom. The first-order valence-corrected chi connectivity index (χ1v) is 11.0. The Kier molecular flexibility index (Phi) is 5.13. The molecule has 0 spiro atoms. The molecule has 30 heavy (non-hydrogen) atoms. The predicted octanol–water partition coefficient (Wildman–Crippen LogP) is 7.01. The number of fused-ring (bicyclic) bond motifs is 3. The van der Waals surface area contributed by atoms with E-state index >= 15 is 0 Å². The van der Waals surface area contributed by atoms with E-state index in [1.165, 1.54) is 0 Å². The number of rotatable bonds is 3. The minimum Gasteiger partial charge on any atom is -0.495 e. The minimum absolute atomic E-state index is 0.0221. The Morgan fingerprint density at radius 3 is 2.63 bits per heavy atom. The molecule has 0 fully saturated rings. The molecule has 7 heteroatoms. The highest BCUT2D eigenvalue weighted by molar-refractivity contribution is 9.10. The van der Waals surface area contributed by atoms with Gasteiger partial charge in [-0.15, -0.1) is 0 Å². The van der Waals surface area contributed by atoms with E-state index in [4.69, 9.17) is 37.8 Å². The fourth-order valence-electron chi connectivity index (χ4n) is 4.05. The molecule has 0 radical (unpaired) electrons. The van der Waals surface area contributed by atoms with E-state index in [2.05, 4.69) is 34.1 Å². The quantitative estimate of drug-likeness (QED) is 0.385. The van der Waals surface area contributed by atoms with Crippen LogP contribution in [0.5, 0.6) is 11.5 Å². The van der Waals surface area contributed by atoms with E-state index in [0.29, 0.717) is 15.8 Å². The highest BCUT2D eigenvalue weighted by atomic mass is 79.9. The number of ether oxygens (including phenoxy) is 2. The van der Waals surface area contributed by atoms with Crippen LogP contribution in [0, 0.1) is 0 Å². The summed E-state index contributed by atoms with van der Waals surface area (Å²) < 4.78 is 13.0. The van der Waals surface area contributed by atoms with E-state index < -0.39 is 6.23 Å². The van der Waals surface area contributed by atoms with Crippen LogP contribution in [0.25, 0.3) is 0 Å². The summed E-state index contributed by atoms with van der Waals surface area (Å²) in [6, 6.07) is 19.8. The van der Waals surface area contributed by atoms with Crippen molar-refractivity contribution >= 4 is 44.8 Å². The van der Waals surface area contributed by atoms with E-state index in [9.17, 15) is 0 Å². The van der Waals surface area contributed by atoms with Gasteiger partial charge in [-0.3, -0.25) is 0 Å². The molecule has 2 aliphatic heterocycles. The maximum absolute atomic E-state index is 6.42. The summed E-state index contributed by atoms with van der Waals surface area (Å²) >= 11 is 16.3. The molecule has 2 aliphatic rings. The topological polar surface area (TPSA) is 34.1 Å². The Labute approximate surface area is 193 Å². The van der Waals surface area contributed by atoms with Crippen LogP contribution in [0.1, 0.15) is 35.4 Å². The summed E-state index contributed by atoms with van der Waals surface area (Å²) in [5.41, 5.74) is 3.93. The Morgan fingerprint density at radius 2 is 1.87 bits per heavy atom. The molecule has 0 saturated carbocycles. The van der Waals surface area contributed by atoms with Crippen molar-refractivity contribution in [2.24, 2.45) is 5.10 Å². The molecular formula is C23H17BrCl2N2O2. The minimum atomic E-state index is -0.518. The lowest BCUT2D eigenvalue weighted by molar-refractivity contribution is -0.0203. The van der Waals surface area contributed by atoms with Crippen LogP contribution >= 0.6 is 39.1 Å². The standard InChI is InChI=1S/C23H17BrCl2N2O2/c1-29-22-17(10-15(25)11-18(22)26)23-28-20(16-9-14(24)7-8-21(16)30-23)12-19(27-28)13-5-3-2-4-6-13/h2-11,20,23H,12H2,1H3/t20-,23-/m1/s1. The lowest BCUT2D eigenvalue weighted by atomic mass is 9.96. The first kappa shape index (κ1) is 19.7. The highest BCUT2D eigenvalue weighted by Gasteiger charge is 2.42. The largest absolute Gasteiger partial charge is 0.495 e. The summed E-state index contributed by atoms with van der Waals surface area (Å²) in [5.74, 6) is 1.35. The average Bonchev–Trinajstić information content (AvgIpc) is 3.19. The van der Waals surface area contributed by atoms with Crippen molar-refractivity contribution < 1.29 is 9.47 Å². The molecule has 0 N–H and O–H groups in total. The summed E-state index contributed by atoms with van der Waals surface area (Å²) in [7, 11) is 1.59. The van der Waals surface area contributed by atoms with Crippen molar-refractivity contribution in [1.29, 1.82) is 0 Å². The molecule has 2 heterocycles. The number of nitrogens with zero attached hydrogens (tertiary/aromatic N) is 2. The molecule has 3 aromatic rings. The SMILES string of the molecule is COc1c(Cl)cc(Cl)cc1[C@H]1Oc2ccc(Br)cc2[C@H]2CC(c3ccccc3)=NN21. The number of methoxy groups -OCH3 is 1. The molecule has 4 nitrogen and oxygen atoms in total. The normalized spacial score (nSPS) is 19.6. The smallest absolute Gasteiger partial charge is 0.217 e. The second kappa shape index (κ2) is 7.80. The zero-order valence-corrected chi connectivity index (χ0v) is 19.1. The average molecular weight is 504 g/mol. The zero-order valence-electron chi connectivity index (χ0n) is 16.0. The lowest BCUT2D eigenvalue weighted by Gasteiger charge is -2.38. The summed E-state index contributed by atoms with van der Waals surface area (Å²) in [5, 5.41) is 7.91. The van der Waals surface area contributed by atoms with E-state index in [1.54, 1.807) is 13.2 Å². The molecule has 0 aliphatic carbocycles. The van der Waals surface area contributed by atoms with Gasteiger partial charge < -0.3 is 9.47 Å². The Balaban J connectivity index is 1.67. The number of benzene rings is 3. The van der Waals surface area contributed by atoms with Crippen LogP contribution < -0.4 is 9.47 Å². The molecule has 152 valence electrons. The second-order valence-corrected chi connectivity index (χ2v) is 8.93. The van der Waals surface area contributed by atoms with E-state index in [0.717, 1.165) is 39.0 Å². The molecule has 0 bridgehead atoms. The summed E-state index contributed by atoms with van der Waals surface area (Å²) in [6.07, 6.45) is 0.250. The molecular weight excluding hydrogens is 487 g/mol. The Hall–Kier alpha value is -2.21. The molecule has 5 rings (SSSR count). The van der Waals surface area contributed by atoms with Gasteiger partial charge in [0.25, 0.3) is 0 Å². The van der Waals surface area contributed by atoms with Gasteiger partial charge in [0.2, 0.25) is 6.23 Å². The van der Waals surface area contributed by atoms with Crippen LogP contribution in [0.15, 0.2) is 70.2 Å². The van der Waals surface area contributed by atoms with Crippen LogP contribution in [0.3, 0.4) is 0 Å². The molecule has 3 aromatic carbocycles.